The molecule has 7 aromatic carbocycles. The van der Waals surface area contributed by atoms with Crippen molar-refractivity contribution < 1.29 is 65.9 Å². The highest BCUT2D eigenvalue weighted by molar-refractivity contribution is 7.79. The minimum Gasteiger partial charge on any atom is -0.469 e. The van der Waals surface area contributed by atoms with Crippen LogP contribution in [-0.2, 0) is 55.7 Å². The smallest absolute Gasteiger partial charge is 0.305 e. The summed E-state index contributed by atoms with van der Waals surface area (Å²) in [7, 11) is 16.1. The minimum atomic E-state index is -0.446. The van der Waals surface area contributed by atoms with E-state index in [1.165, 1.54) is 36.2 Å². The second-order valence-electron chi connectivity index (χ2n) is 22.8. The van der Waals surface area contributed by atoms with E-state index in [0.29, 0.717) is 19.3 Å². The van der Waals surface area contributed by atoms with Gasteiger partial charge in [-0.2, -0.15) is 0 Å². The van der Waals surface area contributed by atoms with Crippen molar-refractivity contribution in [3.05, 3.63) is 338 Å². The number of hydrogen-bond acceptors (Lipinski definition) is 14. The Balaban J connectivity index is -0.00000133. The fourth-order valence-corrected chi connectivity index (χ4v) is 13.7. The number of methoxy groups -OCH3 is 2. The van der Waals surface area contributed by atoms with Crippen LogP contribution in [0, 0.1) is 0 Å². The minimum absolute atomic E-state index is 0. The molecule has 1 heterocycles. The first kappa shape index (κ1) is 113. The molecule has 14 nitrogen and oxygen atoms in total. The van der Waals surface area contributed by atoms with Gasteiger partial charge in [0.15, 0.2) is 0 Å². The molecular formula is C94H135O14P7. The molecule has 21 heteroatoms. The van der Waals surface area contributed by atoms with Crippen molar-refractivity contribution in [1.82, 2.24) is 0 Å². The molecule has 8 rings (SSSR count). The summed E-state index contributed by atoms with van der Waals surface area (Å²) in [5, 5.41) is 21.3. The Bertz CT molecular complexity index is 3520. The molecule has 0 aliphatic carbocycles. The Morgan fingerprint density at radius 2 is 0.861 bits per heavy atom. The zero-order valence-corrected chi connectivity index (χ0v) is 76.6. The van der Waals surface area contributed by atoms with E-state index in [-0.39, 0.29) is 81.4 Å². The summed E-state index contributed by atoms with van der Waals surface area (Å²) in [5.74, 6) is -0.357. The van der Waals surface area contributed by atoms with Gasteiger partial charge in [0.05, 0.1) is 45.7 Å². The molecule has 0 spiro atoms. The third-order valence-corrected chi connectivity index (χ3v) is 19.7. The first-order valence-corrected chi connectivity index (χ1v) is 42.9. The number of carbonyl (C=O) groups excluding carboxylic acids is 3. The lowest BCUT2D eigenvalue weighted by Crippen LogP contribution is -2.20. The van der Waals surface area contributed by atoms with E-state index in [1.54, 1.807) is 18.2 Å². The molecule has 0 radical (unpaired) electrons. The van der Waals surface area contributed by atoms with E-state index in [1.807, 2.05) is 262 Å². The average Bonchev–Trinajstić information content (AvgIpc) is 1.65. The predicted octanol–water partition coefficient (Wildman–Crippen LogP) is 23.3. The summed E-state index contributed by atoms with van der Waals surface area (Å²) >= 11 is 0. The van der Waals surface area contributed by atoms with Crippen LogP contribution < -0.4 is 15.9 Å². The molecule has 14 unspecified atom stereocenters. The number of benzene rings is 7. The number of rotatable bonds is 38. The number of aliphatic hydroxyl groups is 2. The Hall–Kier alpha value is -6.54. The molecule has 1 aliphatic heterocycles. The van der Waals surface area contributed by atoms with Gasteiger partial charge in [-0.05, 0) is 84.3 Å². The molecule has 7 aromatic rings. The molecule has 14 atom stereocenters. The van der Waals surface area contributed by atoms with Gasteiger partial charge in [-0.25, -0.2) is 0 Å². The molecule has 1 saturated heterocycles. The van der Waals surface area contributed by atoms with E-state index in [0.717, 1.165) is 67.1 Å². The second kappa shape index (κ2) is 82.6. The number of aliphatic hydroxyl groups excluding tert-OH is 2. The van der Waals surface area contributed by atoms with Gasteiger partial charge in [-0.15, -0.1) is 0 Å². The lowest BCUT2D eigenvalue weighted by Gasteiger charge is -2.23. The summed E-state index contributed by atoms with van der Waals surface area (Å²) < 4.78 is 46.7. The van der Waals surface area contributed by atoms with Gasteiger partial charge in [-0.1, -0.05) is 398 Å². The van der Waals surface area contributed by atoms with E-state index in [4.69, 9.17) is 42.1 Å². The van der Waals surface area contributed by atoms with Crippen molar-refractivity contribution in [2.75, 3.05) is 27.4 Å². The van der Waals surface area contributed by atoms with Gasteiger partial charge >= 0.3 is 11.9 Å². The Kier molecular flexibility index (Phi) is 80.8. The van der Waals surface area contributed by atoms with Gasteiger partial charge in [-0.3, -0.25) is 14.4 Å². The van der Waals surface area contributed by atoms with Crippen LogP contribution in [0.3, 0.4) is 0 Å². The quantitative estimate of drug-likeness (QED) is 0.00546. The van der Waals surface area contributed by atoms with Gasteiger partial charge in [0.25, 0.3) is 0 Å². The lowest BCUT2D eigenvalue weighted by atomic mass is 10.0. The topological polar surface area (TPSA) is 178 Å². The van der Waals surface area contributed by atoms with E-state index in [2.05, 4.69) is 164 Å². The second-order valence-corrected chi connectivity index (χ2v) is 26.7. The molecule has 115 heavy (non-hydrogen) atoms. The standard InChI is InChI=1S/C24H35O5P3.C18H15P.C15H21O4P.C10H16O2P2.C9H10O2.C9H10O.4C2H6.CH4/c1-26-23(25)19-13-7-11-17-21(27-30)16-10-4-2-3-5-12-18-22(28-31)24(29-32)20-14-8-6-9-15-20;1-4-10-16(11-5-1)19(17-12-6-2-7-13-17)18-14-8-3-9-15-18;1-18-15(17)12-8-5-7-11-14(19-20)10-6-3-2-4-9-13-16;1-2-9(11-13)10(12-14)8-6-4-3-5-7-8;10-6-8-9(11-8)7-4-2-1-3-5-7;10-8-4-7-9-5-2-1-3-6-9;4*1-2;/h2-6,8-10,12,14-16,18,21-22,24H,7,11,13,17,19,30-32H2,1H3;1-15H;2-7,9-10,13-14H,8,11-12,20H2,1H3;3-7,9-10H,2,13-14H2,1H3;1-5,8-10H,6H2;1-7,10H,8H2;4*1-2H3;1H4/b4-2-,5-3+,16-10+,18-12+;;3-2-,7-5-,9-4+,10-6+;;;7-4+;;;;;. The van der Waals surface area contributed by atoms with E-state index in [9.17, 15) is 14.4 Å². The van der Waals surface area contributed by atoms with Crippen LogP contribution in [0.15, 0.2) is 316 Å². The largest absolute Gasteiger partial charge is 0.469 e. The van der Waals surface area contributed by atoms with E-state index >= 15 is 0 Å². The molecule has 2 N–H and O–H groups in total. The third-order valence-electron chi connectivity index (χ3n) is 15.3. The zero-order valence-electron chi connectivity index (χ0n) is 68.8. The summed E-state index contributed by atoms with van der Waals surface area (Å²) in [6.07, 6.45) is 41.0. The van der Waals surface area contributed by atoms with Crippen molar-refractivity contribution >= 4 is 105 Å². The Morgan fingerprint density at radius 1 is 0.452 bits per heavy atom. The van der Waals surface area contributed by atoms with Crippen LogP contribution in [0.1, 0.15) is 168 Å². The maximum absolute atomic E-state index is 11.1. The highest BCUT2D eigenvalue weighted by atomic mass is 31.1. The lowest BCUT2D eigenvalue weighted by molar-refractivity contribution is -0.141. The molecular weight excluding hydrogens is 1570 g/mol. The molecule has 0 saturated carbocycles. The number of carbonyl (C=O) groups is 3. The fourth-order valence-electron chi connectivity index (χ4n) is 9.74. The van der Waals surface area contributed by atoms with Crippen LogP contribution in [-0.4, -0.2) is 86.4 Å². The molecule has 0 amide bonds. The van der Waals surface area contributed by atoms with Crippen LogP contribution in [0.4, 0.5) is 0 Å². The maximum atomic E-state index is 11.1. The highest BCUT2D eigenvalue weighted by Gasteiger charge is 2.39. The number of epoxide rings is 1. The Morgan fingerprint density at radius 3 is 1.26 bits per heavy atom. The number of aldehydes is 1. The van der Waals surface area contributed by atoms with Crippen LogP contribution in [0.5, 0.6) is 0 Å². The first-order valence-electron chi connectivity index (χ1n) is 38.8. The van der Waals surface area contributed by atoms with Crippen molar-refractivity contribution in [3.8, 4) is 0 Å². The molecule has 1 aliphatic rings. The number of esters is 2. The van der Waals surface area contributed by atoms with Gasteiger partial charge in [0.1, 0.15) is 36.8 Å². The first-order chi connectivity index (χ1) is 56.0. The van der Waals surface area contributed by atoms with Crippen molar-refractivity contribution in [3.63, 3.8) is 0 Å². The Labute approximate surface area is 708 Å². The van der Waals surface area contributed by atoms with Gasteiger partial charge < -0.3 is 51.6 Å². The summed E-state index contributed by atoms with van der Waals surface area (Å²) in [6, 6.07) is 72.2. The monoisotopic (exact) mass is 1700 g/mol. The number of hydrogen-bond donors (Lipinski definition) is 2. The van der Waals surface area contributed by atoms with Crippen molar-refractivity contribution in [2.24, 2.45) is 0 Å². The summed E-state index contributed by atoms with van der Waals surface area (Å²) in [4.78, 5) is 32.0. The SMILES string of the molecule is C.CC.CC.CC.CC.CCC(OP)C(OP)c1ccccc1.COC(=O)CC/C=C\CC(/C=C/C=C\C=C\C=O)OP.COC(=O)CCCCCC(/C=C/C=C\C=C\C=C\C(OP)C(OP)c1ccccc1)OP.OC/C=C/c1ccccc1.OCC1OC1c1ccccc1.c1ccc(P(c2ccccc2)c2ccccc2)cc1. The zero-order chi connectivity index (χ0) is 84.7. The van der Waals surface area contributed by atoms with E-state index < -0.39 is 7.92 Å². The fraction of sp³-hybridized carbons (Fsp3) is 0.330. The molecule has 630 valence electrons. The maximum Gasteiger partial charge on any atom is 0.305 e. The number of allylic oxidation sites excluding steroid dienone is 12. The van der Waals surface area contributed by atoms with Gasteiger partial charge in [0, 0.05) is 69.6 Å². The van der Waals surface area contributed by atoms with Crippen LogP contribution >= 0.6 is 64.7 Å². The van der Waals surface area contributed by atoms with Crippen LogP contribution in [0.2, 0.25) is 0 Å². The molecule has 0 aromatic heterocycles. The van der Waals surface area contributed by atoms with Crippen LogP contribution in [0.25, 0.3) is 6.08 Å². The van der Waals surface area contributed by atoms with Crippen molar-refractivity contribution in [2.45, 2.75) is 176 Å². The average molecular weight is 1710 g/mol. The number of ether oxygens (including phenoxy) is 3. The number of unbranched alkanes of at least 4 members (excludes halogenated alkanes) is 2. The van der Waals surface area contributed by atoms with Crippen molar-refractivity contribution in [1.29, 1.82) is 0 Å². The third kappa shape index (κ3) is 55.7. The predicted molar refractivity (Wildman–Crippen MR) is 510 cm³/mol. The van der Waals surface area contributed by atoms with Gasteiger partial charge in [0.2, 0.25) is 0 Å². The molecule has 1 fully saturated rings. The summed E-state index contributed by atoms with van der Waals surface area (Å²) in [5.41, 5.74) is 4.46. The summed E-state index contributed by atoms with van der Waals surface area (Å²) in [6.45, 7) is 18.3. The normalized spacial score (nSPS) is 14.0. The highest BCUT2D eigenvalue weighted by Crippen LogP contribution is 2.38. The molecule has 0 bridgehead atoms.